The van der Waals surface area contributed by atoms with E-state index in [-0.39, 0.29) is 17.5 Å². The molecule has 0 aliphatic carbocycles. The van der Waals surface area contributed by atoms with Gasteiger partial charge in [-0.05, 0) is 31.4 Å². The average Bonchev–Trinajstić information content (AvgIpc) is 2.85. The van der Waals surface area contributed by atoms with Gasteiger partial charge in [-0.2, -0.15) is 0 Å². The fraction of sp³-hybridized carbons (Fsp3) is 0.545. The Morgan fingerprint density at radius 2 is 1.81 bits per heavy atom. The molecule has 0 spiro atoms. The predicted molar refractivity (Wildman–Crippen MR) is 105 cm³/mol. The number of ketones is 1. The van der Waals surface area contributed by atoms with Crippen LogP contribution in [0.2, 0.25) is 0 Å². The van der Waals surface area contributed by atoms with Crippen LogP contribution in [0.5, 0.6) is 0 Å². The summed E-state index contributed by atoms with van der Waals surface area (Å²) in [4.78, 5) is 27.3. The third-order valence-electron chi connectivity index (χ3n) is 4.72. The van der Waals surface area contributed by atoms with Crippen molar-refractivity contribution in [1.82, 2.24) is 4.90 Å². The Bertz CT molecular complexity index is 726. The fourth-order valence-corrected chi connectivity index (χ4v) is 3.19. The fourth-order valence-electron chi connectivity index (χ4n) is 3.19. The van der Waals surface area contributed by atoms with E-state index < -0.39 is 23.1 Å². The summed E-state index contributed by atoms with van der Waals surface area (Å²) in [6.07, 6.45) is 0.951. The molecule has 1 N–H and O–H groups in total. The maximum absolute atomic E-state index is 13.0. The molecule has 1 aliphatic rings. The van der Waals surface area contributed by atoms with Crippen molar-refractivity contribution in [2.75, 3.05) is 13.2 Å². The number of benzene rings is 1. The van der Waals surface area contributed by atoms with Crippen LogP contribution < -0.4 is 0 Å². The average molecular weight is 373 g/mol. The normalized spacial score (nSPS) is 18.0. The van der Waals surface area contributed by atoms with Gasteiger partial charge in [0.2, 0.25) is 0 Å². The largest absolute Gasteiger partial charge is 0.503 e. The van der Waals surface area contributed by atoms with Crippen molar-refractivity contribution in [3.63, 3.8) is 0 Å². The van der Waals surface area contributed by atoms with Crippen LogP contribution in [0.3, 0.4) is 0 Å². The van der Waals surface area contributed by atoms with E-state index in [9.17, 15) is 14.7 Å². The molecule has 0 saturated heterocycles. The van der Waals surface area contributed by atoms with Gasteiger partial charge in [-0.15, -0.1) is 0 Å². The zero-order valence-electron chi connectivity index (χ0n) is 17.2. The van der Waals surface area contributed by atoms with Crippen molar-refractivity contribution >= 4 is 11.7 Å². The van der Waals surface area contributed by atoms with Crippen LogP contribution in [0.1, 0.15) is 58.7 Å². The quantitative estimate of drug-likeness (QED) is 0.785. The highest BCUT2D eigenvalue weighted by molar-refractivity contribution is 6.10. The van der Waals surface area contributed by atoms with E-state index in [1.807, 2.05) is 38.1 Å². The minimum absolute atomic E-state index is 0.0437. The first kappa shape index (κ1) is 21.2. The number of aliphatic hydroxyl groups is 1. The molecule has 0 aromatic heterocycles. The SMILES string of the molecule is CCc1ccc(C2C(C(=O)C(C)(C)C)=C(O)C(=O)N2CCOC(C)C)cc1. The number of nitrogens with zero attached hydrogens (tertiary/aromatic N) is 1. The first-order chi connectivity index (χ1) is 12.6. The Balaban J connectivity index is 2.45. The lowest BCUT2D eigenvalue weighted by Gasteiger charge is -2.29. The van der Waals surface area contributed by atoms with Crippen LogP contribution in [-0.2, 0) is 20.7 Å². The van der Waals surface area contributed by atoms with Crippen LogP contribution in [0.4, 0.5) is 0 Å². The van der Waals surface area contributed by atoms with Gasteiger partial charge in [0.25, 0.3) is 5.91 Å². The molecule has 0 bridgehead atoms. The molecule has 27 heavy (non-hydrogen) atoms. The van der Waals surface area contributed by atoms with Crippen LogP contribution in [0.15, 0.2) is 35.6 Å². The zero-order chi connectivity index (χ0) is 20.4. The molecule has 5 heteroatoms. The van der Waals surface area contributed by atoms with Gasteiger partial charge >= 0.3 is 0 Å². The minimum atomic E-state index is -0.699. The number of carbonyl (C=O) groups is 2. The third kappa shape index (κ3) is 4.59. The van der Waals surface area contributed by atoms with Crippen molar-refractivity contribution in [2.24, 2.45) is 5.41 Å². The maximum Gasteiger partial charge on any atom is 0.290 e. The molecule has 1 amide bonds. The van der Waals surface area contributed by atoms with Crippen LogP contribution in [0, 0.1) is 5.41 Å². The van der Waals surface area contributed by atoms with Gasteiger partial charge in [-0.25, -0.2) is 0 Å². The molecule has 1 atom stereocenters. The Hall–Kier alpha value is -2.14. The molecule has 148 valence electrons. The standard InChI is InChI=1S/C22H31NO4/c1-7-15-8-10-16(11-9-15)18-17(20(25)22(4,5)6)19(24)21(26)23(18)12-13-27-14(2)3/h8-11,14,18,24H,7,12-13H2,1-6H3. The van der Waals surface area contributed by atoms with E-state index in [0.29, 0.717) is 13.2 Å². The van der Waals surface area contributed by atoms with Gasteiger partial charge in [-0.1, -0.05) is 52.0 Å². The van der Waals surface area contributed by atoms with E-state index in [0.717, 1.165) is 12.0 Å². The molecule has 0 saturated carbocycles. The van der Waals surface area contributed by atoms with E-state index in [1.54, 1.807) is 20.8 Å². The molecular weight excluding hydrogens is 342 g/mol. The molecule has 1 aliphatic heterocycles. The van der Waals surface area contributed by atoms with Gasteiger partial charge in [0.05, 0.1) is 24.3 Å². The minimum Gasteiger partial charge on any atom is -0.503 e. The lowest BCUT2D eigenvalue weighted by molar-refractivity contribution is -0.130. The van der Waals surface area contributed by atoms with Crippen molar-refractivity contribution in [3.8, 4) is 0 Å². The lowest BCUT2D eigenvalue weighted by atomic mass is 9.82. The Morgan fingerprint density at radius 3 is 2.30 bits per heavy atom. The number of aryl methyl sites for hydroxylation is 1. The number of carbonyl (C=O) groups excluding carboxylic acids is 2. The number of amides is 1. The molecule has 1 unspecified atom stereocenters. The number of rotatable bonds is 7. The van der Waals surface area contributed by atoms with Crippen molar-refractivity contribution < 1.29 is 19.4 Å². The van der Waals surface area contributed by atoms with Gasteiger partial charge < -0.3 is 14.7 Å². The predicted octanol–water partition coefficient (Wildman–Crippen LogP) is 3.98. The summed E-state index contributed by atoms with van der Waals surface area (Å²) in [7, 11) is 0. The summed E-state index contributed by atoms with van der Waals surface area (Å²) in [6.45, 7) is 12.0. The second-order valence-electron chi connectivity index (χ2n) is 8.26. The van der Waals surface area contributed by atoms with Crippen LogP contribution in [-0.4, -0.2) is 41.0 Å². The summed E-state index contributed by atoms with van der Waals surface area (Å²) < 4.78 is 5.59. The van der Waals surface area contributed by atoms with E-state index in [1.165, 1.54) is 10.5 Å². The number of ether oxygens (including phenoxy) is 1. The number of aliphatic hydroxyl groups excluding tert-OH is 1. The topological polar surface area (TPSA) is 66.8 Å². The summed E-state index contributed by atoms with van der Waals surface area (Å²) >= 11 is 0. The monoisotopic (exact) mass is 373 g/mol. The van der Waals surface area contributed by atoms with Gasteiger partial charge in [0.15, 0.2) is 11.5 Å². The lowest BCUT2D eigenvalue weighted by Crippen LogP contribution is -2.35. The molecular formula is C22H31NO4. The van der Waals surface area contributed by atoms with E-state index in [4.69, 9.17) is 4.74 Å². The maximum atomic E-state index is 13.0. The molecule has 0 fully saturated rings. The third-order valence-corrected chi connectivity index (χ3v) is 4.72. The molecule has 1 aromatic carbocycles. The van der Waals surface area contributed by atoms with E-state index in [2.05, 4.69) is 6.92 Å². The Labute approximate surface area is 162 Å². The first-order valence-corrected chi connectivity index (χ1v) is 9.57. The highest BCUT2D eigenvalue weighted by Crippen LogP contribution is 2.40. The van der Waals surface area contributed by atoms with Crippen molar-refractivity contribution in [2.45, 2.75) is 60.1 Å². The van der Waals surface area contributed by atoms with Gasteiger partial charge in [0, 0.05) is 12.0 Å². The number of hydrogen-bond donors (Lipinski definition) is 1. The van der Waals surface area contributed by atoms with Crippen LogP contribution >= 0.6 is 0 Å². The molecule has 0 radical (unpaired) electrons. The molecule has 1 aromatic rings. The van der Waals surface area contributed by atoms with E-state index >= 15 is 0 Å². The number of Topliss-reactive ketones (excluding diaryl/α,β-unsaturated/α-hetero) is 1. The molecule has 2 rings (SSSR count). The highest BCUT2D eigenvalue weighted by atomic mass is 16.5. The summed E-state index contributed by atoms with van der Waals surface area (Å²) in [5.41, 5.74) is 1.48. The summed E-state index contributed by atoms with van der Waals surface area (Å²) in [5.74, 6) is -1.17. The van der Waals surface area contributed by atoms with Gasteiger partial charge in [-0.3, -0.25) is 9.59 Å². The second-order valence-corrected chi connectivity index (χ2v) is 8.26. The Morgan fingerprint density at radius 1 is 1.22 bits per heavy atom. The van der Waals surface area contributed by atoms with Crippen molar-refractivity contribution in [1.29, 1.82) is 0 Å². The molecule has 1 heterocycles. The summed E-state index contributed by atoms with van der Waals surface area (Å²) in [6, 6.07) is 7.27. The smallest absolute Gasteiger partial charge is 0.290 e. The first-order valence-electron chi connectivity index (χ1n) is 9.57. The van der Waals surface area contributed by atoms with Crippen molar-refractivity contribution in [3.05, 3.63) is 46.7 Å². The summed E-state index contributed by atoms with van der Waals surface area (Å²) in [5, 5.41) is 10.5. The van der Waals surface area contributed by atoms with Gasteiger partial charge in [0.1, 0.15) is 0 Å². The van der Waals surface area contributed by atoms with Crippen LogP contribution in [0.25, 0.3) is 0 Å². The zero-order valence-corrected chi connectivity index (χ0v) is 17.2. The number of hydrogen-bond acceptors (Lipinski definition) is 4. The Kier molecular flexibility index (Phi) is 6.47. The molecule has 5 nitrogen and oxygen atoms in total. The highest BCUT2D eigenvalue weighted by Gasteiger charge is 2.45. The second kappa shape index (κ2) is 8.26.